The molecule has 210 valence electrons. The number of carbonyl (C=O) groups excluding carboxylic acids is 1. The smallest absolute Gasteiger partial charge is 0.330 e. The summed E-state index contributed by atoms with van der Waals surface area (Å²) in [6.07, 6.45) is 4.67. The lowest BCUT2D eigenvalue weighted by molar-refractivity contribution is 0.171. The first-order valence-corrected chi connectivity index (χ1v) is 13.4. The maximum absolute atomic E-state index is 15.1. The summed E-state index contributed by atoms with van der Waals surface area (Å²) >= 11 is 0. The number of ether oxygens (including phenoxy) is 1. The SMILES string of the molecule is CCOc1cc(O)c(F)c(N2Cc3cnc(NCCCCCN(C(C)C)C(C)C)nc3N(CC)C2=O)c1F. The molecule has 0 fully saturated rings. The third kappa shape index (κ3) is 6.43. The number of phenolic OH excluding ortho intramolecular Hbond substituents is 1. The number of carbonyl (C=O) groups is 1. The number of aromatic hydroxyl groups is 1. The lowest BCUT2D eigenvalue weighted by atomic mass is 10.1. The van der Waals surface area contributed by atoms with Gasteiger partial charge in [0.25, 0.3) is 0 Å². The summed E-state index contributed by atoms with van der Waals surface area (Å²) in [5, 5.41) is 13.2. The van der Waals surface area contributed by atoms with Gasteiger partial charge in [0.1, 0.15) is 11.5 Å². The highest BCUT2D eigenvalue weighted by Crippen LogP contribution is 2.40. The van der Waals surface area contributed by atoms with Gasteiger partial charge < -0.3 is 15.2 Å². The van der Waals surface area contributed by atoms with Crippen LogP contribution in [0.4, 0.5) is 31.0 Å². The van der Waals surface area contributed by atoms with Gasteiger partial charge in [0.15, 0.2) is 23.1 Å². The van der Waals surface area contributed by atoms with Crippen LogP contribution in [-0.4, -0.2) is 64.3 Å². The maximum Gasteiger partial charge on any atom is 0.330 e. The third-order valence-electron chi connectivity index (χ3n) is 6.60. The summed E-state index contributed by atoms with van der Waals surface area (Å²) in [7, 11) is 0. The standard InChI is InChI=1S/C27H40F2N6O3/c1-7-33-25-19(15-31-26(32-25)30-12-10-9-11-13-34(17(3)4)18(5)6)16-35(27(33)37)24-22(28)20(36)14-21(23(24)29)38-8-2/h14-15,17-18,36H,7-13,16H2,1-6H3,(H,30,31,32). The van der Waals surface area contributed by atoms with Crippen molar-refractivity contribution < 1.29 is 23.4 Å². The third-order valence-corrected chi connectivity index (χ3v) is 6.60. The van der Waals surface area contributed by atoms with E-state index in [4.69, 9.17) is 4.74 Å². The number of halogens is 2. The van der Waals surface area contributed by atoms with Crippen molar-refractivity contribution in [1.29, 1.82) is 0 Å². The number of anilines is 3. The average molecular weight is 535 g/mol. The molecule has 2 heterocycles. The number of unbranched alkanes of at least 4 members (excludes halogenated alkanes) is 2. The zero-order chi connectivity index (χ0) is 28.0. The van der Waals surface area contributed by atoms with Crippen molar-refractivity contribution in [2.45, 2.75) is 79.4 Å². The molecule has 2 N–H and O–H groups in total. The van der Waals surface area contributed by atoms with Gasteiger partial charge in [-0.05, 0) is 60.9 Å². The topological polar surface area (TPSA) is 94.1 Å². The van der Waals surface area contributed by atoms with Crippen LogP contribution in [0, 0.1) is 11.6 Å². The van der Waals surface area contributed by atoms with Gasteiger partial charge in [-0.3, -0.25) is 14.7 Å². The minimum absolute atomic E-state index is 0.108. The molecule has 0 saturated carbocycles. The first-order chi connectivity index (χ1) is 18.1. The first kappa shape index (κ1) is 29.3. The molecule has 11 heteroatoms. The molecule has 1 aliphatic rings. The van der Waals surface area contributed by atoms with Gasteiger partial charge >= 0.3 is 6.03 Å². The van der Waals surface area contributed by atoms with Crippen LogP contribution in [0.25, 0.3) is 0 Å². The van der Waals surface area contributed by atoms with E-state index < -0.39 is 29.1 Å². The van der Waals surface area contributed by atoms with Gasteiger partial charge in [-0.2, -0.15) is 4.98 Å². The summed E-state index contributed by atoms with van der Waals surface area (Å²) in [5.41, 5.74) is -0.141. The van der Waals surface area contributed by atoms with Crippen LogP contribution < -0.4 is 19.9 Å². The summed E-state index contributed by atoms with van der Waals surface area (Å²) < 4.78 is 35.2. The Morgan fingerprint density at radius 2 is 1.84 bits per heavy atom. The number of hydrogen-bond donors (Lipinski definition) is 2. The van der Waals surface area contributed by atoms with Crippen LogP contribution in [0.2, 0.25) is 0 Å². The number of phenols is 1. The van der Waals surface area contributed by atoms with Crippen LogP contribution in [0.15, 0.2) is 12.3 Å². The largest absolute Gasteiger partial charge is 0.505 e. The molecule has 1 aromatic heterocycles. The Morgan fingerprint density at radius 3 is 2.47 bits per heavy atom. The summed E-state index contributed by atoms with van der Waals surface area (Å²) in [6, 6.07) is 1.24. The van der Waals surface area contributed by atoms with Crippen molar-refractivity contribution in [3.8, 4) is 11.5 Å². The van der Waals surface area contributed by atoms with Crippen molar-refractivity contribution in [3.63, 3.8) is 0 Å². The number of nitrogens with zero attached hydrogens (tertiary/aromatic N) is 5. The maximum atomic E-state index is 15.1. The molecule has 9 nitrogen and oxygen atoms in total. The minimum Gasteiger partial charge on any atom is -0.505 e. The molecule has 38 heavy (non-hydrogen) atoms. The number of aromatic nitrogens is 2. The summed E-state index contributed by atoms with van der Waals surface area (Å²) in [6.45, 7) is 14.2. The van der Waals surface area contributed by atoms with Gasteiger partial charge in [-0.25, -0.2) is 18.6 Å². The number of amides is 2. The van der Waals surface area contributed by atoms with Crippen LogP contribution in [-0.2, 0) is 6.54 Å². The van der Waals surface area contributed by atoms with E-state index in [9.17, 15) is 14.3 Å². The van der Waals surface area contributed by atoms with E-state index in [1.165, 1.54) is 4.90 Å². The van der Waals surface area contributed by atoms with Crippen molar-refractivity contribution in [1.82, 2.24) is 14.9 Å². The fourth-order valence-corrected chi connectivity index (χ4v) is 4.75. The van der Waals surface area contributed by atoms with E-state index >= 15 is 4.39 Å². The summed E-state index contributed by atoms with van der Waals surface area (Å²) in [5.74, 6) is -2.64. The quantitative estimate of drug-likeness (QED) is 0.327. The number of hydrogen-bond acceptors (Lipinski definition) is 7. The second kappa shape index (κ2) is 13.0. The number of rotatable bonds is 13. The van der Waals surface area contributed by atoms with Crippen LogP contribution in [0.3, 0.4) is 0 Å². The van der Waals surface area contributed by atoms with E-state index in [2.05, 4.69) is 47.9 Å². The van der Waals surface area contributed by atoms with Gasteiger partial charge in [0, 0.05) is 43.0 Å². The van der Waals surface area contributed by atoms with Crippen LogP contribution >= 0.6 is 0 Å². The molecule has 2 aromatic rings. The monoisotopic (exact) mass is 534 g/mol. The number of nitrogens with one attached hydrogen (secondary N) is 1. The van der Waals surface area contributed by atoms with Gasteiger partial charge in [-0.1, -0.05) is 6.42 Å². The second-order valence-corrected chi connectivity index (χ2v) is 9.87. The Morgan fingerprint density at radius 1 is 1.13 bits per heavy atom. The lowest BCUT2D eigenvalue weighted by Gasteiger charge is -2.36. The number of urea groups is 1. The molecule has 2 amide bonds. The molecule has 0 radical (unpaired) electrons. The van der Waals surface area contributed by atoms with E-state index in [0.29, 0.717) is 36.0 Å². The fraction of sp³-hybridized carbons (Fsp3) is 0.593. The van der Waals surface area contributed by atoms with Gasteiger partial charge in [0.05, 0.1) is 13.2 Å². The predicted octanol–water partition coefficient (Wildman–Crippen LogP) is 5.53. The molecule has 0 unspecified atom stereocenters. The number of fused-ring (bicyclic) bond motifs is 1. The van der Waals surface area contributed by atoms with Crippen molar-refractivity contribution in [2.75, 3.05) is 41.4 Å². The zero-order valence-electron chi connectivity index (χ0n) is 23.2. The molecule has 0 saturated heterocycles. The molecule has 1 aromatic carbocycles. The number of benzene rings is 1. The van der Waals surface area contributed by atoms with Crippen LogP contribution in [0.5, 0.6) is 11.5 Å². The van der Waals surface area contributed by atoms with Crippen molar-refractivity contribution in [2.24, 2.45) is 0 Å². The molecular weight excluding hydrogens is 494 g/mol. The summed E-state index contributed by atoms with van der Waals surface area (Å²) in [4.78, 5) is 27.0. The van der Waals surface area contributed by atoms with Crippen molar-refractivity contribution >= 4 is 23.5 Å². The normalized spacial score (nSPS) is 13.6. The predicted molar refractivity (Wildman–Crippen MR) is 145 cm³/mol. The first-order valence-electron chi connectivity index (χ1n) is 13.4. The van der Waals surface area contributed by atoms with Gasteiger partial charge in [0.2, 0.25) is 5.95 Å². The molecule has 3 rings (SSSR count). The molecule has 0 spiro atoms. The van der Waals surface area contributed by atoms with E-state index in [0.717, 1.165) is 36.8 Å². The molecule has 0 aliphatic carbocycles. The minimum atomic E-state index is -1.23. The molecule has 0 bridgehead atoms. The average Bonchev–Trinajstić information content (AvgIpc) is 2.87. The Labute approximate surface area is 223 Å². The highest BCUT2D eigenvalue weighted by Gasteiger charge is 2.36. The highest BCUT2D eigenvalue weighted by atomic mass is 19.1. The molecular formula is C27H40F2N6O3. The Hall–Kier alpha value is -3.21. The Bertz CT molecular complexity index is 1110. The van der Waals surface area contributed by atoms with Crippen molar-refractivity contribution in [3.05, 3.63) is 29.5 Å². The Kier molecular flexibility index (Phi) is 10.1. The van der Waals surface area contributed by atoms with E-state index in [1.807, 2.05) is 0 Å². The molecule has 0 atom stereocenters. The Balaban J connectivity index is 1.70. The van der Waals surface area contributed by atoms with Gasteiger partial charge in [-0.15, -0.1) is 0 Å². The zero-order valence-corrected chi connectivity index (χ0v) is 23.2. The van der Waals surface area contributed by atoms with E-state index in [1.54, 1.807) is 20.0 Å². The second-order valence-electron chi connectivity index (χ2n) is 9.87. The fourth-order valence-electron chi connectivity index (χ4n) is 4.75. The highest BCUT2D eigenvalue weighted by molar-refractivity contribution is 6.05. The van der Waals surface area contributed by atoms with E-state index in [-0.39, 0.29) is 25.4 Å². The van der Waals surface area contributed by atoms with Crippen LogP contribution in [0.1, 0.15) is 66.4 Å². The lowest BCUT2D eigenvalue weighted by Crippen LogP contribution is -2.48. The molecule has 1 aliphatic heterocycles.